The van der Waals surface area contributed by atoms with E-state index in [1.165, 1.54) is 17.4 Å². The molecule has 1 aliphatic heterocycles. The van der Waals surface area contributed by atoms with Crippen molar-refractivity contribution in [2.45, 2.75) is 33.2 Å². The maximum Gasteiger partial charge on any atom is 0.250 e. The van der Waals surface area contributed by atoms with Gasteiger partial charge in [0.15, 0.2) is 5.13 Å². The molecule has 27 heavy (non-hydrogen) atoms. The number of anilines is 1. The number of hydrogen-bond acceptors (Lipinski definition) is 4. The Morgan fingerprint density at radius 1 is 1.33 bits per heavy atom. The zero-order valence-electron chi connectivity index (χ0n) is 15.4. The van der Waals surface area contributed by atoms with Crippen LogP contribution in [0.15, 0.2) is 30.3 Å². The molecule has 5 nitrogen and oxygen atoms in total. The van der Waals surface area contributed by atoms with Gasteiger partial charge < -0.3 is 4.90 Å². The predicted molar refractivity (Wildman–Crippen MR) is 110 cm³/mol. The van der Waals surface area contributed by atoms with E-state index in [2.05, 4.69) is 10.3 Å². The molecule has 0 bridgehead atoms. The van der Waals surface area contributed by atoms with E-state index in [0.29, 0.717) is 35.6 Å². The standard InChI is InChI=1S/C20H22ClN3O2S/c1-13(2)11-19(26)24-10-9-16-17(12-24)27-20(22-16)23-18(25)8-5-14-3-6-15(21)7-4-14/h3-8,13H,9-12H2,1-2H3,(H,22,23,25)/b8-5+. The fourth-order valence-corrected chi connectivity index (χ4v) is 3.99. The predicted octanol–water partition coefficient (Wildman–Crippen LogP) is 4.38. The van der Waals surface area contributed by atoms with Crippen molar-refractivity contribution in [3.63, 3.8) is 0 Å². The van der Waals surface area contributed by atoms with Gasteiger partial charge in [-0.3, -0.25) is 14.9 Å². The molecular formula is C20H22ClN3O2S. The van der Waals surface area contributed by atoms with Crippen molar-refractivity contribution >= 4 is 46.0 Å². The highest BCUT2D eigenvalue weighted by atomic mass is 35.5. The summed E-state index contributed by atoms with van der Waals surface area (Å²) in [6.45, 7) is 5.36. The van der Waals surface area contributed by atoms with Gasteiger partial charge in [0.1, 0.15) is 0 Å². The first kappa shape index (κ1) is 19.6. The Labute approximate surface area is 168 Å². The first-order chi connectivity index (χ1) is 12.9. The summed E-state index contributed by atoms with van der Waals surface area (Å²) in [5.74, 6) is 0.298. The summed E-state index contributed by atoms with van der Waals surface area (Å²) in [6, 6.07) is 7.24. The molecule has 1 aromatic carbocycles. The van der Waals surface area contributed by atoms with Crippen LogP contribution in [0.25, 0.3) is 6.08 Å². The van der Waals surface area contributed by atoms with Crippen molar-refractivity contribution in [2.75, 3.05) is 11.9 Å². The van der Waals surface area contributed by atoms with Gasteiger partial charge in [0.2, 0.25) is 11.8 Å². The molecule has 2 heterocycles. The average Bonchev–Trinajstić information content (AvgIpc) is 3.01. The maximum absolute atomic E-state index is 12.3. The number of thiazole rings is 1. The third-order valence-corrected chi connectivity index (χ3v) is 5.44. The summed E-state index contributed by atoms with van der Waals surface area (Å²) in [6.07, 6.45) is 4.49. The molecule has 0 radical (unpaired) electrons. The first-order valence-electron chi connectivity index (χ1n) is 8.91. The molecule has 7 heteroatoms. The zero-order chi connectivity index (χ0) is 19.4. The lowest BCUT2D eigenvalue weighted by molar-refractivity contribution is -0.132. The van der Waals surface area contributed by atoms with Crippen molar-refractivity contribution in [2.24, 2.45) is 5.92 Å². The van der Waals surface area contributed by atoms with Gasteiger partial charge in [-0.15, -0.1) is 0 Å². The van der Waals surface area contributed by atoms with Crippen molar-refractivity contribution in [1.82, 2.24) is 9.88 Å². The third kappa shape index (κ3) is 5.40. The Kier molecular flexibility index (Phi) is 6.29. The number of carbonyl (C=O) groups excluding carboxylic acids is 2. The van der Waals surface area contributed by atoms with Crippen LogP contribution in [0.1, 0.15) is 36.4 Å². The van der Waals surface area contributed by atoms with Crippen LogP contribution in [-0.4, -0.2) is 28.2 Å². The van der Waals surface area contributed by atoms with Gasteiger partial charge in [0.05, 0.1) is 12.2 Å². The smallest absolute Gasteiger partial charge is 0.250 e. The Bertz CT molecular complexity index is 859. The number of amides is 2. The molecule has 2 aromatic rings. The van der Waals surface area contributed by atoms with Crippen molar-refractivity contribution in [3.8, 4) is 0 Å². The van der Waals surface area contributed by atoms with Crippen LogP contribution < -0.4 is 5.32 Å². The molecule has 0 atom stereocenters. The van der Waals surface area contributed by atoms with E-state index in [9.17, 15) is 9.59 Å². The van der Waals surface area contributed by atoms with Gasteiger partial charge in [-0.05, 0) is 29.7 Å². The summed E-state index contributed by atoms with van der Waals surface area (Å²) in [4.78, 5) is 31.8. The number of benzene rings is 1. The average molecular weight is 404 g/mol. The van der Waals surface area contributed by atoms with Crippen LogP contribution in [0.5, 0.6) is 0 Å². The first-order valence-corrected chi connectivity index (χ1v) is 10.1. The lowest BCUT2D eigenvalue weighted by Crippen LogP contribution is -2.36. The summed E-state index contributed by atoms with van der Waals surface area (Å²) < 4.78 is 0. The number of nitrogens with one attached hydrogen (secondary N) is 1. The maximum atomic E-state index is 12.3. The molecule has 142 valence electrons. The molecule has 0 spiro atoms. The molecule has 3 rings (SSSR count). The minimum absolute atomic E-state index is 0.181. The Hall–Kier alpha value is -2.18. The van der Waals surface area contributed by atoms with E-state index in [1.54, 1.807) is 18.2 Å². The molecule has 0 fully saturated rings. The van der Waals surface area contributed by atoms with Gasteiger partial charge >= 0.3 is 0 Å². The molecule has 1 aliphatic rings. The zero-order valence-corrected chi connectivity index (χ0v) is 16.9. The number of nitrogens with zero attached hydrogens (tertiary/aromatic N) is 2. The Morgan fingerprint density at radius 3 is 2.78 bits per heavy atom. The molecule has 1 N–H and O–H groups in total. The summed E-state index contributed by atoms with van der Waals surface area (Å²) in [5.41, 5.74) is 1.87. The van der Waals surface area contributed by atoms with Crippen molar-refractivity contribution in [1.29, 1.82) is 0 Å². The number of fused-ring (bicyclic) bond motifs is 1. The van der Waals surface area contributed by atoms with Gasteiger partial charge in [-0.25, -0.2) is 4.98 Å². The van der Waals surface area contributed by atoms with E-state index in [4.69, 9.17) is 11.6 Å². The van der Waals surface area contributed by atoms with Crippen LogP contribution in [0, 0.1) is 5.92 Å². The van der Waals surface area contributed by atoms with E-state index in [-0.39, 0.29) is 11.8 Å². The SMILES string of the molecule is CC(C)CC(=O)N1CCc2nc(NC(=O)/C=C/c3ccc(Cl)cc3)sc2C1. The molecule has 1 aromatic heterocycles. The van der Waals surface area contributed by atoms with Gasteiger partial charge in [-0.2, -0.15) is 0 Å². The topological polar surface area (TPSA) is 62.3 Å². The summed E-state index contributed by atoms with van der Waals surface area (Å²) in [7, 11) is 0. The van der Waals surface area contributed by atoms with Gasteiger partial charge in [-0.1, -0.05) is 48.9 Å². The fraction of sp³-hybridized carbons (Fsp3) is 0.350. The molecule has 0 aliphatic carbocycles. The summed E-state index contributed by atoms with van der Waals surface area (Å²) >= 11 is 7.29. The van der Waals surface area contributed by atoms with Crippen molar-refractivity contribution < 1.29 is 9.59 Å². The second-order valence-corrected chi connectivity index (χ2v) is 8.45. The lowest BCUT2D eigenvalue weighted by atomic mass is 10.1. The number of hydrogen-bond donors (Lipinski definition) is 1. The quantitative estimate of drug-likeness (QED) is 0.753. The highest BCUT2D eigenvalue weighted by molar-refractivity contribution is 7.15. The second-order valence-electron chi connectivity index (χ2n) is 6.93. The number of halogens is 1. The van der Waals surface area contributed by atoms with Crippen LogP contribution in [0.4, 0.5) is 5.13 Å². The van der Waals surface area contributed by atoms with Crippen molar-refractivity contribution in [3.05, 3.63) is 51.5 Å². The van der Waals surface area contributed by atoms with E-state index < -0.39 is 0 Å². The normalized spacial score (nSPS) is 13.9. The van der Waals surface area contributed by atoms with Gasteiger partial charge in [0.25, 0.3) is 0 Å². The Balaban J connectivity index is 1.60. The van der Waals surface area contributed by atoms with E-state index >= 15 is 0 Å². The van der Waals surface area contributed by atoms with Crippen LogP contribution in [0.2, 0.25) is 5.02 Å². The molecular weight excluding hydrogens is 382 g/mol. The van der Waals surface area contributed by atoms with Gasteiger partial charge in [0, 0.05) is 35.4 Å². The van der Waals surface area contributed by atoms with Crippen LogP contribution >= 0.6 is 22.9 Å². The third-order valence-electron chi connectivity index (χ3n) is 4.19. The summed E-state index contributed by atoms with van der Waals surface area (Å²) in [5, 5.41) is 4.04. The van der Waals surface area contributed by atoms with Crippen LogP contribution in [0.3, 0.4) is 0 Å². The highest BCUT2D eigenvalue weighted by Crippen LogP contribution is 2.29. The number of rotatable bonds is 5. The second kappa shape index (κ2) is 8.67. The lowest BCUT2D eigenvalue weighted by Gasteiger charge is -2.26. The monoisotopic (exact) mass is 403 g/mol. The molecule has 0 saturated carbocycles. The molecule has 2 amide bonds. The minimum atomic E-state index is -0.233. The van der Waals surface area contributed by atoms with Crippen LogP contribution in [-0.2, 0) is 22.6 Å². The largest absolute Gasteiger partial charge is 0.337 e. The number of aromatic nitrogens is 1. The highest BCUT2D eigenvalue weighted by Gasteiger charge is 2.24. The Morgan fingerprint density at radius 2 is 2.07 bits per heavy atom. The van der Waals surface area contributed by atoms with E-state index in [1.807, 2.05) is 30.9 Å². The minimum Gasteiger partial charge on any atom is -0.337 e. The fourth-order valence-electron chi connectivity index (χ4n) is 2.83. The molecule has 0 saturated heterocycles. The molecule has 0 unspecified atom stereocenters. The van der Waals surface area contributed by atoms with E-state index in [0.717, 1.165) is 22.6 Å². The number of carbonyl (C=O) groups is 2.